The third-order valence-electron chi connectivity index (χ3n) is 2.89. The summed E-state index contributed by atoms with van der Waals surface area (Å²) in [7, 11) is 0. The Morgan fingerprint density at radius 2 is 1.82 bits per heavy atom. The zero-order valence-corrected chi connectivity index (χ0v) is 9.94. The monoisotopic (exact) mass is 231 g/mol. The molecule has 0 unspecified atom stereocenters. The zero-order chi connectivity index (χ0) is 12.6. The molecule has 0 aliphatic heterocycles. The van der Waals surface area contributed by atoms with Crippen LogP contribution in [0.3, 0.4) is 0 Å². The van der Waals surface area contributed by atoms with Gasteiger partial charge in [-0.05, 0) is 43.5 Å². The van der Waals surface area contributed by atoms with E-state index in [1.165, 1.54) is 11.8 Å². The third-order valence-corrected chi connectivity index (χ3v) is 2.89. The highest BCUT2D eigenvalue weighted by molar-refractivity contribution is 5.94. The minimum atomic E-state index is -1.03. The van der Waals surface area contributed by atoms with Crippen molar-refractivity contribution in [2.75, 3.05) is 0 Å². The first-order valence-electron chi connectivity index (χ1n) is 5.27. The fraction of sp³-hybridized carbons (Fsp3) is 0.231. The van der Waals surface area contributed by atoms with E-state index in [-0.39, 0.29) is 5.56 Å². The van der Waals surface area contributed by atoms with E-state index in [0.29, 0.717) is 5.76 Å². The Morgan fingerprint density at radius 1 is 1.18 bits per heavy atom. The molecule has 1 aromatic carbocycles. The molecule has 4 heteroatoms. The maximum absolute atomic E-state index is 11.0. The van der Waals surface area contributed by atoms with Crippen molar-refractivity contribution in [2.24, 2.45) is 0 Å². The highest BCUT2D eigenvalue weighted by Gasteiger charge is 2.18. The van der Waals surface area contributed by atoms with Gasteiger partial charge in [-0.25, -0.2) is 4.79 Å². The Balaban J connectivity index is 2.64. The topological polar surface area (TPSA) is 63.3 Å². The van der Waals surface area contributed by atoms with Gasteiger partial charge in [0.25, 0.3) is 0 Å². The molecule has 0 spiro atoms. The van der Waals surface area contributed by atoms with E-state index in [1.807, 2.05) is 32.9 Å². The van der Waals surface area contributed by atoms with Gasteiger partial charge in [0.1, 0.15) is 5.56 Å². The second kappa shape index (κ2) is 4.05. The van der Waals surface area contributed by atoms with Crippen molar-refractivity contribution in [3.8, 4) is 11.3 Å². The summed E-state index contributed by atoms with van der Waals surface area (Å²) in [5.74, 6) is -0.711. The molecule has 1 aromatic heterocycles. The lowest BCUT2D eigenvalue weighted by Gasteiger charge is -2.07. The molecule has 0 atom stereocenters. The minimum absolute atomic E-state index is 0.0938. The number of nitrogens with zero attached hydrogens (tertiary/aromatic N) is 1. The van der Waals surface area contributed by atoms with Gasteiger partial charge in [-0.15, -0.1) is 0 Å². The quantitative estimate of drug-likeness (QED) is 0.863. The average molecular weight is 231 g/mol. The van der Waals surface area contributed by atoms with E-state index in [4.69, 9.17) is 9.63 Å². The molecule has 0 radical (unpaired) electrons. The van der Waals surface area contributed by atoms with Crippen molar-refractivity contribution < 1.29 is 14.4 Å². The normalized spacial score (nSPS) is 10.5. The van der Waals surface area contributed by atoms with E-state index >= 15 is 0 Å². The Morgan fingerprint density at radius 3 is 2.47 bits per heavy atom. The molecule has 0 bridgehead atoms. The first-order valence-corrected chi connectivity index (χ1v) is 5.27. The fourth-order valence-corrected chi connectivity index (χ4v) is 1.79. The lowest BCUT2D eigenvalue weighted by Crippen LogP contribution is -1.97. The maximum atomic E-state index is 11.0. The van der Waals surface area contributed by atoms with Gasteiger partial charge in [0.15, 0.2) is 5.76 Å². The number of carbonyl (C=O) groups is 1. The zero-order valence-electron chi connectivity index (χ0n) is 9.94. The second-order valence-corrected chi connectivity index (χ2v) is 4.13. The van der Waals surface area contributed by atoms with Crippen molar-refractivity contribution in [2.45, 2.75) is 20.8 Å². The molecule has 0 fully saturated rings. The lowest BCUT2D eigenvalue weighted by molar-refractivity contribution is 0.0697. The first kappa shape index (κ1) is 11.4. The molecule has 2 aromatic rings. The van der Waals surface area contributed by atoms with Gasteiger partial charge in [0.05, 0.1) is 6.20 Å². The van der Waals surface area contributed by atoms with Gasteiger partial charge in [0, 0.05) is 5.56 Å². The van der Waals surface area contributed by atoms with Crippen LogP contribution in [-0.2, 0) is 0 Å². The van der Waals surface area contributed by atoms with E-state index < -0.39 is 5.97 Å². The Hall–Kier alpha value is -2.10. The van der Waals surface area contributed by atoms with Gasteiger partial charge < -0.3 is 9.63 Å². The molecule has 4 nitrogen and oxygen atoms in total. The summed E-state index contributed by atoms with van der Waals surface area (Å²) in [6.07, 6.45) is 1.23. The number of carboxylic acid groups (broad SMARTS) is 1. The molecule has 0 aliphatic rings. The minimum Gasteiger partial charge on any atom is -0.477 e. The molecule has 1 N–H and O–H groups in total. The van der Waals surface area contributed by atoms with Crippen molar-refractivity contribution in [1.29, 1.82) is 0 Å². The van der Waals surface area contributed by atoms with E-state index in [1.54, 1.807) is 0 Å². The molecule has 2 rings (SSSR count). The summed E-state index contributed by atoms with van der Waals surface area (Å²) in [5.41, 5.74) is 4.12. The summed E-state index contributed by atoms with van der Waals surface area (Å²) in [4.78, 5) is 11.0. The number of hydrogen-bond acceptors (Lipinski definition) is 3. The second-order valence-electron chi connectivity index (χ2n) is 4.13. The fourth-order valence-electron chi connectivity index (χ4n) is 1.79. The van der Waals surface area contributed by atoms with Crippen LogP contribution in [0.2, 0.25) is 0 Å². The largest absolute Gasteiger partial charge is 0.477 e. The summed E-state index contributed by atoms with van der Waals surface area (Å²) >= 11 is 0. The summed E-state index contributed by atoms with van der Waals surface area (Å²) in [6, 6.07) is 3.94. The van der Waals surface area contributed by atoms with E-state index in [2.05, 4.69) is 5.16 Å². The number of rotatable bonds is 2. The Kier molecular flexibility index (Phi) is 2.71. The third kappa shape index (κ3) is 1.93. The van der Waals surface area contributed by atoms with Crippen molar-refractivity contribution in [3.05, 3.63) is 40.6 Å². The van der Waals surface area contributed by atoms with Gasteiger partial charge in [-0.2, -0.15) is 0 Å². The highest BCUT2D eigenvalue weighted by atomic mass is 16.5. The van der Waals surface area contributed by atoms with Crippen LogP contribution in [-0.4, -0.2) is 16.2 Å². The molecule has 0 amide bonds. The number of aromatic carboxylic acids is 1. The molecule has 88 valence electrons. The van der Waals surface area contributed by atoms with Crippen molar-refractivity contribution in [1.82, 2.24) is 5.16 Å². The van der Waals surface area contributed by atoms with Crippen LogP contribution in [0.15, 0.2) is 22.9 Å². The van der Waals surface area contributed by atoms with Crippen LogP contribution < -0.4 is 0 Å². The average Bonchev–Trinajstić information content (AvgIpc) is 2.72. The summed E-state index contributed by atoms with van der Waals surface area (Å²) in [6.45, 7) is 5.93. The predicted octanol–water partition coefficient (Wildman–Crippen LogP) is 2.97. The number of aromatic nitrogens is 1. The number of benzene rings is 1. The van der Waals surface area contributed by atoms with Gasteiger partial charge in [0.2, 0.25) is 0 Å². The van der Waals surface area contributed by atoms with Crippen LogP contribution in [0.4, 0.5) is 0 Å². The maximum Gasteiger partial charge on any atom is 0.341 e. The lowest BCUT2D eigenvalue weighted by atomic mass is 9.98. The van der Waals surface area contributed by atoms with Crippen LogP contribution in [0.5, 0.6) is 0 Å². The SMILES string of the molecule is Cc1cc(C)c(-c2oncc2C(=O)O)cc1C. The van der Waals surface area contributed by atoms with Crippen LogP contribution >= 0.6 is 0 Å². The van der Waals surface area contributed by atoms with Crippen LogP contribution in [0.25, 0.3) is 11.3 Å². The number of aryl methyl sites for hydroxylation is 3. The van der Waals surface area contributed by atoms with Gasteiger partial charge in [-0.1, -0.05) is 11.2 Å². The summed E-state index contributed by atoms with van der Waals surface area (Å²) in [5, 5.41) is 12.6. The molecule has 17 heavy (non-hydrogen) atoms. The molecule has 0 saturated heterocycles. The standard InChI is InChI=1S/C13H13NO3/c1-7-4-9(3)10(5-8(7)2)12-11(13(15)16)6-14-17-12/h4-6H,1-3H3,(H,15,16). The number of hydrogen-bond donors (Lipinski definition) is 1. The Bertz CT molecular complexity index is 584. The van der Waals surface area contributed by atoms with Crippen molar-refractivity contribution >= 4 is 5.97 Å². The Labute approximate surface area is 98.9 Å². The molecular weight excluding hydrogens is 218 g/mol. The molecule has 0 aliphatic carbocycles. The molecule has 1 heterocycles. The van der Waals surface area contributed by atoms with Crippen LogP contribution in [0.1, 0.15) is 27.0 Å². The van der Waals surface area contributed by atoms with Gasteiger partial charge in [-0.3, -0.25) is 0 Å². The molecule has 0 saturated carbocycles. The van der Waals surface area contributed by atoms with Gasteiger partial charge >= 0.3 is 5.97 Å². The number of carboxylic acids is 1. The predicted molar refractivity (Wildman–Crippen MR) is 63.1 cm³/mol. The van der Waals surface area contributed by atoms with Crippen LogP contribution in [0, 0.1) is 20.8 Å². The van der Waals surface area contributed by atoms with E-state index in [0.717, 1.165) is 16.7 Å². The van der Waals surface area contributed by atoms with E-state index in [9.17, 15) is 4.79 Å². The smallest absolute Gasteiger partial charge is 0.341 e. The first-order chi connectivity index (χ1) is 8.00. The van der Waals surface area contributed by atoms with Crippen molar-refractivity contribution in [3.63, 3.8) is 0 Å². The highest BCUT2D eigenvalue weighted by Crippen LogP contribution is 2.29. The summed E-state index contributed by atoms with van der Waals surface area (Å²) < 4.78 is 5.06. The molecular formula is C13H13NO3.